The number of pyridine rings is 1. The van der Waals surface area contributed by atoms with Crippen LogP contribution in [0.5, 0.6) is 0 Å². The number of likely N-dealkylation sites (tertiary alicyclic amines) is 1. The monoisotopic (exact) mass is 364 g/mol. The Bertz CT molecular complexity index is 804. The SMILES string of the molecule is Cc1ccc(-c2cn(C)nc2C(=O)N2CC(F)(F)CC(C)C2CO)nc1. The van der Waals surface area contributed by atoms with Crippen LogP contribution >= 0.6 is 0 Å². The fourth-order valence-electron chi connectivity index (χ4n) is 3.44. The van der Waals surface area contributed by atoms with E-state index in [9.17, 15) is 18.7 Å². The number of carbonyl (C=O) groups is 1. The Labute approximate surface area is 150 Å². The van der Waals surface area contributed by atoms with Gasteiger partial charge in [0.15, 0.2) is 5.69 Å². The molecule has 0 radical (unpaired) electrons. The highest BCUT2D eigenvalue weighted by Crippen LogP contribution is 2.35. The van der Waals surface area contributed by atoms with Crippen LogP contribution in [0.15, 0.2) is 24.5 Å². The van der Waals surface area contributed by atoms with Crippen molar-refractivity contribution in [1.82, 2.24) is 19.7 Å². The summed E-state index contributed by atoms with van der Waals surface area (Å²) in [4.78, 5) is 18.4. The molecule has 8 heteroatoms. The molecule has 2 aromatic rings. The standard InChI is InChI=1S/C18H22F2N4O2/c1-11-4-5-14(21-7-11)13-8-23(3)22-16(13)17(26)24-10-18(19,20)6-12(2)15(24)9-25/h4-5,7-8,12,15,25H,6,9-10H2,1-3H3. The molecule has 1 fully saturated rings. The topological polar surface area (TPSA) is 71.2 Å². The van der Waals surface area contributed by atoms with Crippen LogP contribution < -0.4 is 0 Å². The lowest BCUT2D eigenvalue weighted by atomic mass is 9.88. The number of aliphatic hydroxyl groups excluding tert-OH is 1. The van der Waals surface area contributed by atoms with E-state index in [4.69, 9.17) is 0 Å². The second-order valence-corrected chi connectivity index (χ2v) is 7.01. The zero-order valence-corrected chi connectivity index (χ0v) is 15.0. The van der Waals surface area contributed by atoms with Crippen LogP contribution in [0.3, 0.4) is 0 Å². The van der Waals surface area contributed by atoms with E-state index in [-0.39, 0.29) is 18.7 Å². The minimum absolute atomic E-state index is 0.0622. The minimum Gasteiger partial charge on any atom is -0.394 e. The fourth-order valence-corrected chi connectivity index (χ4v) is 3.44. The molecule has 2 aromatic heterocycles. The maximum atomic E-state index is 14.1. The van der Waals surface area contributed by atoms with Crippen LogP contribution in [0.4, 0.5) is 8.78 Å². The molecule has 2 unspecified atom stereocenters. The number of halogens is 2. The van der Waals surface area contributed by atoms with E-state index in [0.717, 1.165) is 10.5 Å². The van der Waals surface area contributed by atoms with Crippen molar-refractivity contribution in [3.8, 4) is 11.3 Å². The van der Waals surface area contributed by atoms with Crippen molar-refractivity contribution in [1.29, 1.82) is 0 Å². The second-order valence-electron chi connectivity index (χ2n) is 7.01. The number of carbonyl (C=O) groups excluding carboxylic acids is 1. The Morgan fingerprint density at radius 3 is 2.77 bits per heavy atom. The number of nitrogens with zero attached hydrogens (tertiary/aromatic N) is 4. The fraction of sp³-hybridized carbons (Fsp3) is 0.500. The Kier molecular flexibility index (Phi) is 4.79. The first-order chi connectivity index (χ1) is 12.2. The van der Waals surface area contributed by atoms with E-state index in [2.05, 4.69) is 10.1 Å². The number of piperidine rings is 1. The van der Waals surface area contributed by atoms with Crippen molar-refractivity contribution in [2.24, 2.45) is 13.0 Å². The Morgan fingerprint density at radius 1 is 1.42 bits per heavy atom. The molecule has 6 nitrogen and oxygen atoms in total. The van der Waals surface area contributed by atoms with Crippen molar-refractivity contribution in [3.63, 3.8) is 0 Å². The lowest BCUT2D eigenvalue weighted by Gasteiger charge is -2.42. The van der Waals surface area contributed by atoms with Crippen LogP contribution in [0.1, 0.15) is 29.4 Å². The van der Waals surface area contributed by atoms with E-state index in [1.165, 1.54) is 4.68 Å². The van der Waals surface area contributed by atoms with E-state index < -0.39 is 30.3 Å². The van der Waals surface area contributed by atoms with Gasteiger partial charge in [0.25, 0.3) is 11.8 Å². The highest BCUT2D eigenvalue weighted by Gasteiger charge is 2.46. The van der Waals surface area contributed by atoms with Crippen LogP contribution in [0, 0.1) is 12.8 Å². The Hall–Kier alpha value is -2.35. The Balaban J connectivity index is 2.00. The van der Waals surface area contributed by atoms with Crippen molar-refractivity contribution < 1.29 is 18.7 Å². The Morgan fingerprint density at radius 2 is 2.15 bits per heavy atom. The molecule has 1 saturated heterocycles. The molecule has 0 aromatic carbocycles. The van der Waals surface area contributed by atoms with Crippen molar-refractivity contribution in [2.45, 2.75) is 32.2 Å². The summed E-state index contributed by atoms with van der Waals surface area (Å²) in [7, 11) is 1.66. The van der Waals surface area contributed by atoms with Crippen molar-refractivity contribution in [3.05, 3.63) is 35.8 Å². The number of rotatable bonds is 3. The van der Waals surface area contributed by atoms with Crippen LogP contribution in [-0.2, 0) is 7.05 Å². The first-order valence-electron chi connectivity index (χ1n) is 8.48. The number of amides is 1. The average molecular weight is 364 g/mol. The molecule has 3 heterocycles. The van der Waals surface area contributed by atoms with Gasteiger partial charge in [-0.05, 0) is 24.5 Å². The third-order valence-corrected chi connectivity index (χ3v) is 4.75. The number of aryl methyl sites for hydroxylation is 2. The predicted molar refractivity (Wildman–Crippen MR) is 91.8 cm³/mol. The molecular formula is C18H22F2N4O2. The zero-order valence-electron chi connectivity index (χ0n) is 15.0. The highest BCUT2D eigenvalue weighted by atomic mass is 19.3. The summed E-state index contributed by atoms with van der Waals surface area (Å²) in [5.41, 5.74) is 2.06. The van der Waals surface area contributed by atoms with Gasteiger partial charge in [-0.25, -0.2) is 8.78 Å². The first kappa shape index (κ1) is 18.4. The summed E-state index contributed by atoms with van der Waals surface area (Å²) in [5, 5.41) is 13.8. The quantitative estimate of drug-likeness (QED) is 0.907. The summed E-state index contributed by atoms with van der Waals surface area (Å²) < 4.78 is 29.6. The van der Waals surface area contributed by atoms with E-state index in [0.29, 0.717) is 11.3 Å². The van der Waals surface area contributed by atoms with Crippen LogP contribution in [-0.4, -0.2) is 55.8 Å². The number of alkyl halides is 2. The molecular weight excluding hydrogens is 342 g/mol. The molecule has 3 rings (SSSR count). The van der Waals surface area contributed by atoms with Gasteiger partial charge in [0.1, 0.15) is 0 Å². The molecule has 26 heavy (non-hydrogen) atoms. The van der Waals surface area contributed by atoms with Gasteiger partial charge >= 0.3 is 0 Å². The summed E-state index contributed by atoms with van der Waals surface area (Å²) in [6, 6.07) is 2.96. The molecule has 0 bridgehead atoms. The van der Waals surface area contributed by atoms with Gasteiger partial charge in [-0.3, -0.25) is 14.5 Å². The molecule has 0 aliphatic carbocycles. The summed E-state index contributed by atoms with van der Waals surface area (Å²) in [6.45, 7) is 2.43. The summed E-state index contributed by atoms with van der Waals surface area (Å²) in [5.74, 6) is -4.12. The summed E-state index contributed by atoms with van der Waals surface area (Å²) in [6.07, 6.45) is 2.96. The smallest absolute Gasteiger partial charge is 0.275 e. The molecule has 1 aliphatic heterocycles. The highest BCUT2D eigenvalue weighted by molar-refractivity contribution is 5.98. The number of aromatic nitrogens is 3. The number of hydrogen-bond acceptors (Lipinski definition) is 4. The van der Waals surface area contributed by atoms with E-state index in [1.54, 1.807) is 32.4 Å². The molecule has 1 N–H and O–H groups in total. The van der Waals surface area contributed by atoms with Crippen molar-refractivity contribution in [2.75, 3.05) is 13.2 Å². The third kappa shape index (κ3) is 3.46. The van der Waals surface area contributed by atoms with Crippen LogP contribution in [0.2, 0.25) is 0 Å². The molecule has 0 saturated carbocycles. The lowest BCUT2D eigenvalue weighted by Crippen LogP contribution is -2.56. The van der Waals surface area contributed by atoms with E-state index >= 15 is 0 Å². The van der Waals surface area contributed by atoms with Gasteiger partial charge in [-0.15, -0.1) is 0 Å². The van der Waals surface area contributed by atoms with Gasteiger partial charge in [0, 0.05) is 25.9 Å². The summed E-state index contributed by atoms with van der Waals surface area (Å²) >= 11 is 0. The van der Waals surface area contributed by atoms with E-state index in [1.807, 2.05) is 13.0 Å². The molecule has 1 aliphatic rings. The number of hydrogen-bond donors (Lipinski definition) is 1. The second kappa shape index (κ2) is 6.75. The van der Waals surface area contributed by atoms with Gasteiger partial charge < -0.3 is 10.0 Å². The van der Waals surface area contributed by atoms with Gasteiger partial charge in [-0.1, -0.05) is 13.0 Å². The average Bonchev–Trinajstić information content (AvgIpc) is 2.95. The van der Waals surface area contributed by atoms with Gasteiger partial charge in [-0.2, -0.15) is 5.10 Å². The minimum atomic E-state index is -2.99. The molecule has 0 spiro atoms. The maximum Gasteiger partial charge on any atom is 0.275 e. The maximum absolute atomic E-state index is 14.1. The zero-order chi connectivity index (χ0) is 19.1. The van der Waals surface area contributed by atoms with Crippen molar-refractivity contribution >= 4 is 5.91 Å². The van der Waals surface area contributed by atoms with Gasteiger partial charge in [0.05, 0.1) is 30.5 Å². The molecule has 140 valence electrons. The molecule has 1 amide bonds. The van der Waals surface area contributed by atoms with Crippen LogP contribution in [0.25, 0.3) is 11.3 Å². The number of aliphatic hydroxyl groups is 1. The molecule has 2 atom stereocenters. The predicted octanol–water partition coefficient (Wildman–Crippen LogP) is 2.27. The largest absolute Gasteiger partial charge is 0.394 e. The third-order valence-electron chi connectivity index (χ3n) is 4.75. The first-order valence-corrected chi connectivity index (χ1v) is 8.48. The van der Waals surface area contributed by atoms with Gasteiger partial charge in [0.2, 0.25) is 0 Å². The lowest BCUT2D eigenvalue weighted by molar-refractivity contribution is -0.0992. The normalized spacial score (nSPS) is 22.5.